The van der Waals surface area contributed by atoms with E-state index in [-0.39, 0.29) is 24.4 Å². The average molecular weight is 462 g/mol. The van der Waals surface area contributed by atoms with Crippen molar-refractivity contribution in [1.29, 1.82) is 0 Å². The number of rotatable bonds is 4. The molecule has 3 aromatic rings. The van der Waals surface area contributed by atoms with Gasteiger partial charge in [-0.25, -0.2) is 13.4 Å². The van der Waals surface area contributed by atoms with Gasteiger partial charge in [-0.1, -0.05) is 18.2 Å². The second kappa shape index (κ2) is 8.03. The van der Waals surface area contributed by atoms with Gasteiger partial charge in [0.2, 0.25) is 5.91 Å². The number of carbonyl (C=O) groups is 1. The molecule has 6 nitrogen and oxygen atoms in total. The minimum atomic E-state index is -3.52. The molecule has 2 aliphatic rings. The Morgan fingerprint density at radius 2 is 1.90 bits per heavy atom. The number of para-hydroxylation sites is 1. The number of sulfonamides is 1. The Bertz CT molecular complexity index is 1120. The number of benzene rings is 1. The Hall–Kier alpha value is -1.81. The molecule has 4 heterocycles. The molecule has 1 amide bonds. The van der Waals surface area contributed by atoms with Gasteiger partial charge < -0.3 is 4.90 Å². The number of thiazole rings is 1. The molecular formula is C21H23N3O3S3. The molecule has 5 rings (SSSR count). The molecule has 0 aliphatic carbocycles. The summed E-state index contributed by atoms with van der Waals surface area (Å²) in [6.07, 6.45) is 3.31. The van der Waals surface area contributed by atoms with E-state index in [9.17, 15) is 13.2 Å². The minimum absolute atomic E-state index is 0.000760. The van der Waals surface area contributed by atoms with Gasteiger partial charge in [0.1, 0.15) is 9.22 Å². The molecule has 2 saturated heterocycles. The summed E-state index contributed by atoms with van der Waals surface area (Å²) < 4.78 is 28.8. The molecule has 0 radical (unpaired) electrons. The summed E-state index contributed by atoms with van der Waals surface area (Å²) in [4.78, 5) is 20.2. The predicted molar refractivity (Wildman–Crippen MR) is 119 cm³/mol. The van der Waals surface area contributed by atoms with Gasteiger partial charge in [-0.05, 0) is 49.3 Å². The number of likely N-dealkylation sites (tertiary alicyclic amines) is 1. The zero-order chi connectivity index (χ0) is 20.7. The predicted octanol–water partition coefficient (Wildman–Crippen LogP) is 4.12. The number of nitrogens with zero attached hydrogens (tertiary/aromatic N) is 3. The first-order chi connectivity index (χ1) is 14.5. The number of thiophene rings is 1. The van der Waals surface area contributed by atoms with Crippen molar-refractivity contribution >= 4 is 48.8 Å². The van der Waals surface area contributed by atoms with E-state index in [2.05, 4.69) is 6.07 Å². The molecule has 0 bridgehead atoms. The van der Waals surface area contributed by atoms with Gasteiger partial charge in [-0.15, -0.1) is 22.7 Å². The fraction of sp³-hybridized carbons (Fsp3) is 0.429. The van der Waals surface area contributed by atoms with E-state index in [1.165, 1.54) is 15.6 Å². The highest BCUT2D eigenvalue weighted by molar-refractivity contribution is 7.91. The van der Waals surface area contributed by atoms with Crippen molar-refractivity contribution < 1.29 is 13.2 Å². The maximum absolute atomic E-state index is 13.4. The van der Waals surface area contributed by atoms with Crippen molar-refractivity contribution in [3.63, 3.8) is 0 Å². The van der Waals surface area contributed by atoms with Crippen LogP contribution in [0.2, 0.25) is 0 Å². The van der Waals surface area contributed by atoms with Crippen LogP contribution in [0, 0.1) is 5.92 Å². The highest BCUT2D eigenvalue weighted by Crippen LogP contribution is 2.38. The molecule has 2 aromatic heterocycles. The van der Waals surface area contributed by atoms with E-state index in [0.29, 0.717) is 23.7 Å². The topological polar surface area (TPSA) is 70.6 Å². The van der Waals surface area contributed by atoms with Gasteiger partial charge in [-0.3, -0.25) is 4.79 Å². The lowest BCUT2D eigenvalue weighted by molar-refractivity contribution is -0.137. The lowest BCUT2D eigenvalue weighted by Gasteiger charge is -2.34. The summed E-state index contributed by atoms with van der Waals surface area (Å²) >= 11 is 2.88. The van der Waals surface area contributed by atoms with Crippen LogP contribution in [-0.2, 0) is 14.8 Å². The lowest BCUT2D eigenvalue weighted by atomic mass is 9.97. The lowest BCUT2D eigenvalue weighted by Crippen LogP contribution is -2.46. The summed E-state index contributed by atoms with van der Waals surface area (Å²) in [5, 5.41) is 2.76. The number of aromatic nitrogens is 1. The van der Waals surface area contributed by atoms with Gasteiger partial charge in [0.05, 0.1) is 22.2 Å². The van der Waals surface area contributed by atoms with Crippen LogP contribution in [0.5, 0.6) is 0 Å². The van der Waals surface area contributed by atoms with E-state index in [4.69, 9.17) is 4.98 Å². The van der Waals surface area contributed by atoms with Crippen LogP contribution in [0.4, 0.5) is 0 Å². The number of amides is 1. The Morgan fingerprint density at radius 1 is 1.07 bits per heavy atom. The smallest absolute Gasteiger partial charge is 0.252 e. The number of fused-ring (bicyclic) bond motifs is 1. The zero-order valence-electron chi connectivity index (χ0n) is 16.4. The normalized spacial score (nSPS) is 23.3. The molecule has 0 N–H and O–H groups in total. The van der Waals surface area contributed by atoms with Crippen LogP contribution >= 0.6 is 22.7 Å². The van der Waals surface area contributed by atoms with Crippen molar-refractivity contribution in [3.05, 3.63) is 46.8 Å². The van der Waals surface area contributed by atoms with Gasteiger partial charge >= 0.3 is 0 Å². The van der Waals surface area contributed by atoms with Crippen LogP contribution < -0.4 is 0 Å². The van der Waals surface area contributed by atoms with E-state index < -0.39 is 10.0 Å². The first-order valence-electron chi connectivity index (χ1n) is 10.2. The molecule has 30 heavy (non-hydrogen) atoms. The molecule has 1 aromatic carbocycles. The summed E-state index contributed by atoms with van der Waals surface area (Å²) in [5.74, 6) is -0.216. The van der Waals surface area contributed by atoms with E-state index in [1.54, 1.807) is 28.8 Å². The maximum Gasteiger partial charge on any atom is 0.252 e. The quantitative estimate of drug-likeness (QED) is 0.586. The van der Waals surface area contributed by atoms with Gasteiger partial charge in [0.25, 0.3) is 10.0 Å². The first-order valence-corrected chi connectivity index (χ1v) is 13.4. The second-order valence-corrected chi connectivity index (χ2v) is 12.0. The van der Waals surface area contributed by atoms with Crippen molar-refractivity contribution in [1.82, 2.24) is 14.2 Å². The largest absolute Gasteiger partial charge is 0.333 e. The molecular weight excluding hydrogens is 438 g/mol. The monoisotopic (exact) mass is 461 g/mol. The third-order valence-electron chi connectivity index (χ3n) is 5.95. The fourth-order valence-electron chi connectivity index (χ4n) is 4.45. The average Bonchev–Trinajstić information content (AvgIpc) is 3.53. The minimum Gasteiger partial charge on any atom is -0.333 e. The van der Waals surface area contributed by atoms with Crippen molar-refractivity contribution in [2.45, 2.75) is 35.9 Å². The van der Waals surface area contributed by atoms with Crippen LogP contribution in [0.1, 0.15) is 36.7 Å². The molecule has 2 fully saturated rings. The summed E-state index contributed by atoms with van der Waals surface area (Å²) in [5.41, 5.74) is 0.975. The van der Waals surface area contributed by atoms with Gasteiger partial charge in [-0.2, -0.15) is 4.31 Å². The van der Waals surface area contributed by atoms with Gasteiger partial charge in [0.15, 0.2) is 0 Å². The Labute approximate surface area is 184 Å². The van der Waals surface area contributed by atoms with Crippen LogP contribution in [0.25, 0.3) is 10.2 Å². The van der Waals surface area contributed by atoms with Crippen molar-refractivity contribution in [2.24, 2.45) is 5.92 Å². The highest BCUT2D eigenvalue weighted by Gasteiger charge is 2.39. The third-order valence-corrected chi connectivity index (χ3v) is 10.3. The summed E-state index contributed by atoms with van der Waals surface area (Å²) in [7, 11) is -3.52. The van der Waals surface area contributed by atoms with E-state index >= 15 is 0 Å². The molecule has 2 aliphatic heterocycles. The zero-order valence-corrected chi connectivity index (χ0v) is 18.9. The van der Waals surface area contributed by atoms with Crippen LogP contribution in [-0.4, -0.2) is 48.1 Å². The number of carbonyl (C=O) groups excluding carboxylic acids is 1. The van der Waals surface area contributed by atoms with Crippen LogP contribution in [0.3, 0.4) is 0 Å². The maximum atomic E-state index is 13.4. The summed E-state index contributed by atoms with van der Waals surface area (Å²) in [6, 6.07) is 11.4. The first kappa shape index (κ1) is 20.1. The van der Waals surface area contributed by atoms with Crippen molar-refractivity contribution in [2.75, 3.05) is 19.6 Å². The molecule has 0 spiro atoms. The Morgan fingerprint density at radius 3 is 2.70 bits per heavy atom. The van der Waals surface area contributed by atoms with Crippen LogP contribution in [0.15, 0.2) is 46.0 Å². The van der Waals surface area contributed by atoms with Gasteiger partial charge in [0, 0.05) is 19.6 Å². The third kappa shape index (κ3) is 3.57. The Balaban J connectivity index is 1.35. The summed E-state index contributed by atoms with van der Waals surface area (Å²) in [6.45, 7) is 1.46. The highest BCUT2D eigenvalue weighted by atomic mass is 32.2. The number of hydrogen-bond acceptors (Lipinski definition) is 6. The number of hydrogen-bond donors (Lipinski definition) is 0. The fourth-order valence-corrected chi connectivity index (χ4v) is 8.24. The van der Waals surface area contributed by atoms with Crippen molar-refractivity contribution in [3.8, 4) is 0 Å². The molecule has 9 heteroatoms. The molecule has 0 unspecified atom stereocenters. The number of piperidine rings is 1. The standard InChI is InChI=1S/C21H23N3O3S3/c25-21(15-6-3-11-23(14-15)30(26,27)19-10-5-13-28-19)24-12-4-8-17(24)20-22-16-7-1-2-9-18(16)29-20/h1-2,5,7,9-10,13,15,17H,3-4,6,8,11-12,14H2/t15-,17+/m0/s1. The molecule has 2 atom stereocenters. The van der Waals surface area contributed by atoms with E-state index in [1.807, 2.05) is 23.1 Å². The van der Waals surface area contributed by atoms with E-state index in [0.717, 1.165) is 34.5 Å². The molecule has 0 saturated carbocycles. The Kier molecular flexibility index (Phi) is 5.38. The second-order valence-electron chi connectivity index (χ2n) is 7.84. The SMILES string of the molecule is O=C([C@H]1CCCN(S(=O)(=O)c2cccs2)C1)N1CCC[C@@H]1c1nc2ccccc2s1. The molecule has 158 valence electrons.